The first kappa shape index (κ1) is 31.7. The highest BCUT2D eigenvalue weighted by Crippen LogP contribution is 2.75. The van der Waals surface area contributed by atoms with Gasteiger partial charge in [-0.15, -0.1) is 0 Å². The number of nitrogens with one attached hydrogen (secondary N) is 1. The van der Waals surface area contributed by atoms with E-state index in [9.17, 15) is 14.4 Å². The van der Waals surface area contributed by atoms with E-state index in [4.69, 9.17) is 4.74 Å². The van der Waals surface area contributed by atoms with Gasteiger partial charge in [-0.05, 0) is 115 Å². The number of allylic oxidation sites excluding steroid dienone is 2. The quantitative estimate of drug-likeness (QED) is 0.265. The summed E-state index contributed by atoms with van der Waals surface area (Å²) in [7, 11) is 0. The Kier molecular flexibility index (Phi) is 7.67. The first-order valence-electron chi connectivity index (χ1n) is 17.3. The van der Waals surface area contributed by atoms with Crippen LogP contribution in [0.25, 0.3) is 0 Å². The number of benzene rings is 1. The molecule has 0 bridgehead atoms. The van der Waals surface area contributed by atoms with Crippen molar-refractivity contribution in [1.82, 2.24) is 5.32 Å². The maximum Gasteiger partial charge on any atom is 0.312 e. The van der Waals surface area contributed by atoms with Gasteiger partial charge in [0.25, 0.3) is 0 Å². The summed E-state index contributed by atoms with van der Waals surface area (Å²) in [5, 5.41) is 3.52. The Hall–Kier alpha value is -2.27. The van der Waals surface area contributed by atoms with Crippen LogP contribution in [0, 0.1) is 50.2 Å². The van der Waals surface area contributed by atoms with Crippen LogP contribution in [-0.2, 0) is 25.7 Å². The molecular formula is C39H55NO4. The maximum absolute atomic E-state index is 14.7. The molecule has 0 aliphatic heterocycles. The number of hydrogen-bond donors (Lipinski definition) is 1. The Morgan fingerprint density at radius 2 is 1.64 bits per heavy atom. The van der Waals surface area contributed by atoms with Gasteiger partial charge < -0.3 is 14.8 Å². The lowest BCUT2D eigenvalue weighted by Crippen LogP contribution is -2.67. The number of ether oxygens (including phenoxy) is 1. The van der Waals surface area contributed by atoms with Gasteiger partial charge in [0.1, 0.15) is 12.9 Å². The number of fused-ring (bicyclic) bond motifs is 7. The first-order chi connectivity index (χ1) is 20.6. The van der Waals surface area contributed by atoms with Crippen LogP contribution in [0.5, 0.6) is 0 Å². The molecule has 5 heteroatoms. The topological polar surface area (TPSA) is 72.5 Å². The van der Waals surface area contributed by atoms with Crippen LogP contribution in [0.2, 0.25) is 0 Å². The van der Waals surface area contributed by atoms with Crippen molar-refractivity contribution in [2.75, 3.05) is 6.54 Å². The maximum atomic E-state index is 14.7. The minimum atomic E-state index is -0.556. The van der Waals surface area contributed by atoms with E-state index in [1.165, 1.54) is 5.57 Å². The van der Waals surface area contributed by atoms with E-state index in [0.29, 0.717) is 24.9 Å². The van der Waals surface area contributed by atoms with Crippen molar-refractivity contribution < 1.29 is 19.1 Å². The summed E-state index contributed by atoms with van der Waals surface area (Å²) < 4.78 is 5.95. The van der Waals surface area contributed by atoms with E-state index in [-0.39, 0.29) is 50.9 Å². The van der Waals surface area contributed by atoms with Crippen LogP contribution in [0.15, 0.2) is 42.0 Å². The van der Waals surface area contributed by atoms with Gasteiger partial charge in [0.15, 0.2) is 5.78 Å². The number of ketones is 1. The fourth-order valence-corrected chi connectivity index (χ4v) is 11.8. The van der Waals surface area contributed by atoms with E-state index < -0.39 is 5.41 Å². The standard InChI is InChI=1S/C39H55NO4/c1-34(2)30-13-16-39(7)32(37(30,5)15-14-31(34)40-21-22-41)29(42)23-27-28-24-36(4,18-17-35(28,3)19-20-38(27,39)6)33(43)44-25-26-11-9-8-10-12-26/h8-12,22-23,28,30-32,40H,13-21,24-25H2,1-7H3/t28-,30-,31-,32?,35+,36-,37-,38+,39+/m0/s1. The van der Waals surface area contributed by atoms with E-state index in [0.717, 1.165) is 69.6 Å². The molecule has 0 heterocycles. The average Bonchev–Trinajstić information content (AvgIpc) is 2.97. The summed E-state index contributed by atoms with van der Waals surface area (Å²) in [6, 6.07) is 10.2. The summed E-state index contributed by atoms with van der Waals surface area (Å²) in [6.07, 6.45) is 12.0. The molecule has 5 aliphatic carbocycles. The zero-order chi connectivity index (χ0) is 31.8. The molecule has 1 unspecified atom stereocenters. The molecule has 5 aliphatic rings. The van der Waals surface area contributed by atoms with Crippen molar-refractivity contribution >= 4 is 18.0 Å². The predicted molar refractivity (Wildman–Crippen MR) is 174 cm³/mol. The fraction of sp³-hybridized carbons (Fsp3) is 0.718. The Balaban J connectivity index is 1.31. The number of rotatable bonds is 6. The lowest BCUT2D eigenvalue weighted by molar-refractivity contribution is -0.189. The molecule has 6 rings (SSSR count). The summed E-state index contributed by atoms with van der Waals surface area (Å²) >= 11 is 0. The molecule has 9 atom stereocenters. The highest BCUT2D eigenvalue weighted by atomic mass is 16.5. The van der Waals surface area contributed by atoms with E-state index in [1.807, 2.05) is 30.3 Å². The molecule has 4 fully saturated rings. The zero-order valence-corrected chi connectivity index (χ0v) is 28.3. The molecule has 4 saturated carbocycles. The van der Waals surface area contributed by atoms with Crippen LogP contribution < -0.4 is 5.32 Å². The van der Waals surface area contributed by atoms with Crippen molar-refractivity contribution in [3.8, 4) is 0 Å². The second-order valence-electron chi connectivity index (χ2n) is 17.3. The highest BCUT2D eigenvalue weighted by Gasteiger charge is 2.70. The van der Waals surface area contributed by atoms with E-state index >= 15 is 0 Å². The molecule has 1 aromatic rings. The van der Waals surface area contributed by atoms with Crippen molar-refractivity contribution in [3.05, 3.63) is 47.5 Å². The molecule has 0 aromatic heterocycles. The smallest absolute Gasteiger partial charge is 0.312 e. The summed E-state index contributed by atoms with van der Waals surface area (Å²) in [5.74, 6) is 0.836. The predicted octanol–water partition coefficient (Wildman–Crippen LogP) is 7.87. The van der Waals surface area contributed by atoms with Gasteiger partial charge in [-0.25, -0.2) is 0 Å². The number of carbonyl (C=O) groups is 3. The Bertz CT molecular complexity index is 1350. The van der Waals surface area contributed by atoms with Crippen LogP contribution in [0.3, 0.4) is 0 Å². The zero-order valence-electron chi connectivity index (χ0n) is 28.3. The highest BCUT2D eigenvalue weighted by molar-refractivity contribution is 5.95. The van der Waals surface area contributed by atoms with Crippen molar-refractivity contribution in [1.29, 1.82) is 0 Å². The van der Waals surface area contributed by atoms with Gasteiger partial charge in [0.05, 0.1) is 12.0 Å². The monoisotopic (exact) mass is 601 g/mol. The molecule has 1 N–H and O–H groups in total. The molecule has 44 heavy (non-hydrogen) atoms. The largest absolute Gasteiger partial charge is 0.460 e. The van der Waals surface area contributed by atoms with Gasteiger partial charge in [-0.1, -0.05) is 77.4 Å². The second kappa shape index (κ2) is 10.6. The number of hydrogen-bond acceptors (Lipinski definition) is 5. The van der Waals surface area contributed by atoms with E-state index in [1.54, 1.807) is 0 Å². The number of aldehydes is 1. The molecule has 0 saturated heterocycles. The third kappa shape index (κ3) is 4.53. The van der Waals surface area contributed by atoms with Crippen molar-refractivity contribution in [2.45, 2.75) is 119 Å². The SMILES string of the molecule is CC1(C)[C@@H](NCC=O)CC[C@]2(C)C3C(=O)C=C4[C@@H]5C[C@@](C)(C(=O)OCc6ccccc6)CC[C@]5(C)CC[C@@]4(C)[C@]3(C)CC[C@@H]12. The van der Waals surface area contributed by atoms with Crippen LogP contribution in [0.1, 0.15) is 112 Å². The van der Waals surface area contributed by atoms with Gasteiger partial charge in [-0.2, -0.15) is 0 Å². The van der Waals surface area contributed by atoms with Gasteiger partial charge in [-0.3, -0.25) is 9.59 Å². The molecule has 0 radical (unpaired) electrons. The first-order valence-corrected chi connectivity index (χ1v) is 17.3. The molecule has 240 valence electrons. The Labute approximate surface area is 265 Å². The summed E-state index contributed by atoms with van der Waals surface area (Å²) in [6.45, 7) is 17.3. The fourth-order valence-electron chi connectivity index (χ4n) is 11.8. The molecule has 0 amide bonds. The molecule has 0 spiro atoms. The third-order valence-electron chi connectivity index (χ3n) is 14.8. The van der Waals surface area contributed by atoms with Gasteiger partial charge in [0.2, 0.25) is 0 Å². The second-order valence-corrected chi connectivity index (χ2v) is 17.3. The summed E-state index contributed by atoms with van der Waals surface area (Å²) in [4.78, 5) is 39.5. The average molecular weight is 602 g/mol. The Morgan fingerprint density at radius 1 is 0.932 bits per heavy atom. The Morgan fingerprint density at radius 3 is 2.34 bits per heavy atom. The molecule has 1 aromatic carbocycles. The van der Waals surface area contributed by atoms with Crippen LogP contribution in [-0.4, -0.2) is 30.6 Å². The minimum absolute atomic E-state index is 0.00104. The molecular weight excluding hydrogens is 546 g/mol. The number of esters is 1. The lowest BCUT2D eigenvalue weighted by Gasteiger charge is -2.70. The van der Waals surface area contributed by atoms with Gasteiger partial charge >= 0.3 is 5.97 Å². The van der Waals surface area contributed by atoms with E-state index in [2.05, 4.69) is 59.9 Å². The van der Waals surface area contributed by atoms with Crippen LogP contribution in [0.4, 0.5) is 0 Å². The number of carbonyl (C=O) groups excluding carboxylic acids is 3. The molecule has 5 nitrogen and oxygen atoms in total. The lowest BCUT2D eigenvalue weighted by atomic mass is 9.33. The minimum Gasteiger partial charge on any atom is -0.460 e. The third-order valence-corrected chi connectivity index (χ3v) is 14.8. The van der Waals surface area contributed by atoms with Crippen molar-refractivity contribution in [2.24, 2.45) is 50.2 Å². The van der Waals surface area contributed by atoms with Gasteiger partial charge in [0, 0.05) is 12.0 Å². The normalized spacial score (nSPS) is 44.2. The van der Waals surface area contributed by atoms with Crippen LogP contribution >= 0.6 is 0 Å². The van der Waals surface area contributed by atoms with Crippen molar-refractivity contribution in [3.63, 3.8) is 0 Å². The summed E-state index contributed by atoms with van der Waals surface area (Å²) in [5.41, 5.74) is 1.60.